The molecule has 23 heteroatoms. The third-order valence-corrected chi connectivity index (χ3v) is 4.44. The van der Waals surface area contributed by atoms with Crippen molar-refractivity contribution in [3.8, 4) is 0 Å². The predicted octanol–water partition coefficient (Wildman–Crippen LogP) is 7.56. The lowest BCUT2D eigenvalue weighted by Crippen LogP contribution is -2.66. The van der Waals surface area contributed by atoms with Crippen molar-refractivity contribution in [2.24, 2.45) is 0 Å². The lowest BCUT2D eigenvalue weighted by molar-refractivity contribution is -0.422. The van der Waals surface area contributed by atoms with E-state index in [-0.39, 0.29) is 0 Å². The van der Waals surface area contributed by atoms with E-state index in [0.717, 1.165) is 5.32 Å². The van der Waals surface area contributed by atoms with Gasteiger partial charge in [0.15, 0.2) is 0 Å². The zero-order chi connectivity index (χ0) is 30.5. The Bertz CT molecular complexity index is 709. The topological polar surface area (TPSA) is 12.0 Å². The normalized spacial score (nSPS) is 16.4. The van der Waals surface area contributed by atoms with Crippen LogP contribution in [0, 0.1) is 0 Å². The van der Waals surface area contributed by atoms with Crippen molar-refractivity contribution in [1.29, 1.82) is 0 Å². The maximum Gasteiger partial charge on any atom is 0.460 e. The average molecular weight is 609 g/mol. The number of hydrogen-bond donors (Lipinski definition) is 1. The first-order valence-corrected chi connectivity index (χ1v) is 8.57. The van der Waals surface area contributed by atoms with Crippen molar-refractivity contribution >= 4 is 0 Å². The Labute approximate surface area is 189 Å². The number of halogens is 22. The van der Waals surface area contributed by atoms with Gasteiger partial charge >= 0.3 is 59.7 Å². The van der Waals surface area contributed by atoms with Gasteiger partial charge in [-0.3, -0.25) is 0 Å². The average Bonchev–Trinajstić information content (AvgIpc) is 2.64. The van der Waals surface area contributed by atoms with Crippen molar-refractivity contribution in [1.82, 2.24) is 5.32 Å². The molecule has 0 aliphatic heterocycles. The Morgan fingerprint density at radius 1 is 0.297 bits per heavy atom. The van der Waals surface area contributed by atoms with Crippen LogP contribution in [0.25, 0.3) is 0 Å². The molecule has 1 N–H and O–H groups in total. The van der Waals surface area contributed by atoms with Crippen molar-refractivity contribution in [3.05, 3.63) is 0 Å². The fourth-order valence-corrected chi connectivity index (χ4v) is 2.14. The van der Waals surface area contributed by atoms with Crippen LogP contribution in [0.15, 0.2) is 0 Å². The van der Waals surface area contributed by atoms with E-state index in [1.807, 2.05) is 0 Å². The van der Waals surface area contributed by atoms with E-state index in [9.17, 15) is 96.6 Å². The molecule has 0 aliphatic carbocycles. The molecular weight excluding hydrogens is 600 g/mol. The summed E-state index contributed by atoms with van der Waals surface area (Å²) in [7, 11) is 0. The van der Waals surface area contributed by atoms with Gasteiger partial charge in [-0.2, -0.15) is 96.6 Å². The maximum absolute atomic E-state index is 13.3. The van der Waals surface area contributed by atoms with Crippen LogP contribution in [0.1, 0.15) is 12.8 Å². The van der Waals surface area contributed by atoms with Gasteiger partial charge in [-0.1, -0.05) is 0 Å². The summed E-state index contributed by atoms with van der Waals surface area (Å²) in [6.45, 7) is -4.21. The quantitative estimate of drug-likeness (QED) is 0.178. The summed E-state index contributed by atoms with van der Waals surface area (Å²) < 4.78 is 280. The zero-order valence-electron chi connectivity index (χ0n) is 16.6. The molecule has 0 saturated carbocycles. The summed E-state index contributed by atoms with van der Waals surface area (Å²) in [5, 5.41) is 0.947. The third kappa shape index (κ3) is 5.59. The van der Waals surface area contributed by atoms with Gasteiger partial charge in [-0.25, -0.2) is 0 Å². The number of alkyl halides is 22. The highest BCUT2D eigenvalue weighted by Gasteiger charge is 2.88. The summed E-state index contributed by atoms with van der Waals surface area (Å²) in [5.74, 6) is -59.2. The van der Waals surface area contributed by atoms with Gasteiger partial charge in [-0.05, 0) is 0 Å². The summed E-state index contributed by atoms with van der Waals surface area (Å²) in [6, 6.07) is 0. The largest absolute Gasteiger partial charge is 0.460 e. The van der Waals surface area contributed by atoms with Crippen LogP contribution in [0.5, 0.6) is 0 Å². The van der Waals surface area contributed by atoms with Crippen LogP contribution in [-0.2, 0) is 0 Å². The van der Waals surface area contributed by atoms with Crippen molar-refractivity contribution in [2.45, 2.75) is 72.6 Å². The lowest BCUT2D eigenvalue weighted by Gasteiger charge is -2.37. The molecule has 0 aliphatic rings. The van der Waals surface area contributed by atoms with Crippen molar-refractivity contribution in [2.75, 3.05) is 13.1 Å². The molecule has 0 bridgehead atoms. The van der Waals surface area contributed by atoms with E-state index in [0.29, 0.717) is 0 Å². The minimum absolute atomic E-state index is 0.947. The molecule has 0 rings (SSSR count). The van der Waals surface area contributed by atoms with Gasteiger partial charge in [0.25, 0.3) is 0 Å². The van der Waals surface area contributed by atoms with Crippen LogP contribution in [-0.4, -0.2) is 72.8 Å². The molecule has 0 fully saturated rings. The molecule has 0 atom stereocenters. The first-order chi connectivity index (χ1) is 15.7. The Morgan fingerprint density at radius 2 is 0.514 bits per heavy atom. The highest BCUT2D eigenvalue weighted by Crippen LogP contribution is 2.59. The molecule has 0 aromatic carbocycles. The van der Waals surface area contributed by atoms with Crippen LogP contribution in [0.3, 0.4) is 0 Å². The smallest absolute Gasteiger partial charge is 0.316 e. The van der Waals surface area contributed by atoms with Crippen molar-refractivity contribution in [3.63, 3.8) is 0 Å². The van der Waals surface area contributed by atoms with Crippen LogP contribution in [0.2, 0.25) is 0 Å². The van der Waals surface area contributed by atoms with Gasteiger partial charge in [-0.15, -0.1) is 0 Å². The molecule has 37 heavy (non-hydrogen) atoms. The Kier molecular flexibility index (Phi) is 9.15. The predicted molar refractivity (Wildman–Crippen MR) is 73.8 cm³/mol. The lowest BCUT2D eigenvalue weighted by atomic mass is 9.95. The van der Waals surface area contributed by atoms with E-state index >= 15 is 0 Å². The van der Waals surface area contributed by atoms with E-state index in [4.69, 9.17) is 0 Å². The number of rotatable bonds is 12. The number of nitrogens with one attached hydrogen (secondary N) is 1. The number of hydrogen-bond acceptors (Lipinski definition) is 1. The molecule has 0 saturated heterocycles. The second-order valence-electron chi connectivity index (χ2n) is 7.10. The molecule has 0 radical (unpaired) electrons. The first kappa shape index (κ1) is 35.4. The van der Waals surface area contributed by atoms with Crippen LogP contribution < -0.4 is 5.32 Å². The summed E-state index contributed by atoms with van der Waals surface area (Å²) in [5.41, 5.74) is 0. The molecule has 0 spiro atoms. The van der Waals surface area contributed by atoms with Gasteiger partial charge in [0.05, 0.1) is 0 Å². The Balaban J connectivity index is 5.49. The molecular formula is C14H9F22N. The summed E-state index contributed by atoms with van der Waals surface area (Å²) in [6.07, 6.45) is -20.8. The molecule has 0 heterocycles. The standard InChI is InChI=1S/C14H9F22N/c15-5(16,7(19,20)9(23,24)11(27,28)13(31,32)33)1-3-37-4-2-6(17,18)8(21,22)10(25,26)12(29,30)14(34,35)36/h37H,1-4H2. The van der Waals surface area contributed by atoms with Gasteiger partial charge < -0.3 is 5.32 Å². The maximum atomic E-state index is 13.3. The molecule has 0 amide bonds. The monoisotopic (exact) mass is 609 g/mol. The second kappa shape index (κ2) is 9.56. The third-order valence-electron chi connectivity index (χ3n) is 4.44. The molecule has 0 aromatic heterocycles. The van der Waals surface area contributed by atoms with E-state index in [2.05, 4.69) is 0 Å². The zero-order valence-corrected chi connectivity index (χ0v) is 16.6. The fraction of sp³-hybridized carbons (Fsp3) is 1.00. The fourth-order valence-electron chi connectivity index (χ4n) is 2.14. The van der Waals surface area contributed by atoms with Crippen LogP contribution in [0.4, 0.5) is 96.6 Å². The molecule has 0 unspecified atom stereocenters. The SMILES string of the molecule is FC(F)(F)C(F)(F)C(F)(F)C(F)(F)C(F)(F)CCNCCC(F)(F)C(F)(F)C(F)(F)C(F)(F)C(F)(F)F. The second-order valence-corrected chi connectivity index (χ2v) is 7.10. The molecule has 1 nitrogen and oxygen atoms in total. The highest BCUT2D eigenvalue weighted by atomic mass is 19.4. The highest BCUT2D eigenvalue weighted by molar-refractivity contribution is 5.07. The molecule has 0 aromatic rings. The van der Waals surface area contributed by atoms with E-state index < -0.39 is 85.7 Å². The van der Waals surface area contributed by atoms with E-state index in [1.54, 1.807) is 0 Å². The van der Waals surface area contributed by atoms with Crippen LogP contribution >= 0.6 is 0 Å². The Morgan fingerprint density at radius 3 is 0.703 bits per heavy atom. The van der Waals surface area contributed by atoms with Gasteiger partial charge in [0.2, 0.25) is 0 Å². The minimum atomic E-state index is -7.83. The Hall–Kier alpha value is -1.58. The van der Waals surface area contributed by atoms with Gasteiger partial charge in [0, 0.05) is 25.9 Å². The van der Waals surface area contributed by atoms with Gasteiger partial charge in [0.1, 0.15) is 0 Å². The minimum Gasteiger partial charge on any atom is -0.316 e. The summed E-state index contributed by atoms with van der Waals surface area (Å²) in [4.78, 5) is 0. The van der Waals surface area contributed by atoms with Crippen molar-refractivity contribution < 1.29 is 96.6 Å². The molecule has 224 valence electrons. The summed E-state index contributed by atoms with van der Waals surface area (Å²) >= 11 is 0. The van der Waals surface area contributed by atoms with E-state index in [1.165, 1.54) is 0 Å². The first-order valence-electron chi connectivity index (χ1n) is 8.57.